The van der Waals surface area contributed by atoms with Crippen LogP contribution in [0.15, 0.2) is 24.3 Å². The molecule has 0 saturated heterocycles. The van der Waals surface area contributed by atoms with Gasteiger partial charge in [0.1, 0.15) is 24.7 Å². The molecule has 0 aliphatic rings. The van der Waals surface area contributed by atoms with Gasteiger partial charge in [0.15, 0.2) is 0 Å². The van der Waals surface area contributed by atoms with E-state index in [0.29, 0.717) is 30.5 Å². The number of nitrogens with zero attached hydrogens (tertiary/aromatic N) is 1. The summed E-state index contributed by atoms with van der Waals surface area (Å²) in [6.07, 6.45) is 17.1. The van der Waals surface area contributed by atoms with Crippen LogP contribution in [0, 0.1) is 5.92 Å². The molecule has 0 aliphatic heterocycles. The SMILES string of the molecule is CCCCCCCCCCCCCCOc1ccc(CC(COP(=O)([O-])OCC[N+](C)(C)C)CC(=O)CC)cc1. The van der Waals surface area contributed by atoms with Crippen LogP contribution < -0.4 is 9.63 Å². The number of phosphoric acid groups is 1. The standard InChI is InChI=1S/C32H58NO6P/c1-6-8-9-10-11-12-13-14-15-16-17-18-24-37-32-21-19-29(20-22-32)26-30(27-31(34)7-2)28-39-40(35,36)38-25-23-33(3,4)5/h19-22,30H,6-18,23-28H2,1-5H3. The second kappa shape index (κ2) is 21.5. The lowest BCUT2D eigenvalue weighted by Gasteiger charge is -2.28. The highest BCUT2D eigenvalue weighted by Crippen LogP contribution is 2.39. The highest BCUT2D eigenvalue weighted by atomic mass is 31.2. The van der Waals surface area contributed by atoms with Crippen molar-refractivity contribution < 1.29 is 32.5 Å². The highest BCUT2D eigenvalue weighted by Gasteiger charge is 2.19. The van der Waals surface area contributed by atoms with E-state index in [4.69, 9.17) is 13.8 Å². The maximum absolute atomic E-state index is 12.2. The number of likely N-dealkylation sites (N-methyl/N-ethyl adjacent to an activating group) is 1. The molecule has 7 nitrogen and oxygen atoms in total. The number of carbonyl (C=O) groups excluding carboxylic acids is 1. The van der Waals surface area contributed by atoms with Crippen molar-refractivity contribution >= 4 is 13.6 Å². The Balaban J connectivity index is 2.33. The molecular formula is C32H58NO6P. The summed E-state index contributed by atoms with van der Waals surface area (Å²) < 4.78 is 28.9. The van der Waals surface area contributed by atoms with Crippen molar-refractivity contribution in [1.82, 2.24) is 0 Å². The van der Waals surface area contributed by atoms with Crippen molar-refractivity contribution in [2.75, 3.05) is 47.5 Å². The van der Waals surface area contributed by atoms with E-state index < -0.39 is 7.82 Å². The first-order valence-corrected chi connectivity index (χ1v) is 17.1. The molecule has 2 atom stereocenters. The van der Waals surface area contributed by atoms with Crippen molar-refractivity contribution in [1.29, 1.82) is 0 Å². The first-order chi connectivity index (χ1) is 19.0. The number of ketones is 1. The number of benzene rings is 1. The Hall–Kier alpha value is -1.24. The Morgan fingerprint density at radius 3 is 1.90 bits per heavy atom. The third kappa shape index (κ3) is 20.6. The van der Waals surface area contributed by atoms with Crippen LogP contribution in [-0.4, -0.2) is 57.8 Å². The van der Waals surface area contributed by atoms with Crippen LogP contribution in [0.2, 0.25) is 0 Å². The first-order valence-electron chi connectivity index (χ1n) is 15.7. The van der Waals surface area contributed by atoms with E-state index in [2.05, 4.69) is 6.92 Å². The van der Waals surface area contributed by atoms with Gasteiger partial charge in [-0.2, -0.15) is 0 Å². The van der Waals surface area contributed by atoms with Gasteiger partial charge in [-0.05, 0) is 36.5 Å². The van der Waals surface area contributed by atoms with Crippen LogP contribution in [-0.2, 0) is 24.8 Å². The molecule has 1 rings (SSSR count). The van der Waals surface area contributed by atoms with Crippen molar-refractivity contribution in [3.05, 3.63) is 29.8 Å². The summed E-state index contributed by atoms with van der Waals surface area (Å²) in [6.45, 7) is 5.32. The molecule has 0 fully saturated rings. The molecule has 2 unspecified atom stereocenters. The maximum atomic E-state index is 12.2. The molecule has 0 saturated carbocycles. The monoisotopic (exact) mass is 583 g/mol. The van der Waals surface area contributed by atoms with Crippen LogP contribution in [0.4, 0.5) is 0 Å². The topological polar surface area (TPSA) is 84.9 Å². The second-order valence-corrected chi connectivity index (χ2v) is 13.5. The van der Waals surface area contributed by atoms with Crippen molar-refractivity contribution in [3.63, 3.8) is 0 Å². The molecule has 1 aromatic carbocycles. The number of rotatable bonds is 26. The number of ether oxygens (including phenoxy) is 1. The summed E-state index contributed by atoms with van der Waals surface area (Å²) in [5.74, 6) is 0.672. The number of hydrogen-bond acceptors (Lipinski definition) is 6. The summed E-state index contributed by atoms with van der Waals surface area (Å²) in [4.78, 5) is 24.3. The highest BCUT2D eigenvalue weighted by molar-refractivity contribution is 7.45. The fourth-order valence-corrected chi connectivity index (χ4v) is 5.28. The van der Waals surface area contributed by atoms with Gasteiger partial charge in [0.05, 0.1) is 34.4 Å². The number of unbranched alkanes of at least 4 members (excludes halogenated alkanes) is 11. The van der Waals surface area contributed by atoms with Crippen molar-refractivity contribution in [2.24, 2.45) is 5.92 Å². The molecule has 0 heterocycles. The summed E-state index contributed by atoms with van der Waals surface area (Å²) in [6, 6.07) is 7.86. The quantitative estimate of drug-likeness (QED) is 0.0638. The zero-order chi connectivity index (χ0) is 29.7. The Kier molecular flexibility index (Phi) is 19.7. The summed E-state index contributed by atoms with van der Waals surface area (Å²) in [5.41, 5.74) is 1.02. The van der Waals surface area contributed by atoms with E-state index >= 15 is 0 Å². The predicted molar refractivity (Wildman–Crippen MR) is 163 cm³/mol. The Morgan fingerprint density at radius 1 is 0.825 bits per heavy atom. The molecule has 0 aromatic heterocycles. The fourth-order valence-electron chi connectivity index (χ4n) is 4.50. The molecule has 0 radical (unpaired) electrons. The molecule has 0 bridgehead atoms. The molecular weight excluding hydrogens is 525 g/mol. The lowest BCUT2D eigenvalue weighted by atomic mass is 9.94. The minimum atomic E-state index is -4.42. The summed E-state index contributed by atoms with van der Waals surface area (Å²) >= 11 is 0. The Bertz CT molecular complexity index is 824. The predicted octanol–water partition coefficient (Wildman–Crippen LogP) is 7.50. The van der Waals surface area contributed by atoms with Gasteiger partial charge in [-0.25, -0.2) is 0 Å². The molecule has 40 heavy (non-hydrogen) atoms. The summed E-state index contributed by atoms with van der Waals surface area (Å²) in [7, 11) is 1.46. The van der Waals surface area contributed by atoms with Gasteiger partial charge in [-0.15, -0.1) is 0 Å². The van der Waals surface area contributed by atoms with Gasteiger partial charge in [0.25, 0.3) is 7.82 Å². The minimum Gasteiger partial charge on any atom is -0.756 e. The van der Waals surface area contributed by atoms with E-state index in [9.17, 15) is 14.3 Å². The van der Waals surface area contributed by atoms with Gasteiger partial charge < -0.3 is 23.2 Å². The fraction of sp³-hybridized carbons (Fsp3) is 0.781. The molecule has 232 valence electrons. The van der Waals surface area contributed by atoms with Crippen LogP contribution in [0.1, 0.15) is 109 Å². The maximum Gasteiger partial charge on any atom is 0.268 e. The third-order valence-corrected chi connectivity index (χ3v) is 8.07. The normalized spacial score (nSPS) is 14.2. The third-order valence-electron chi connectivity index (χ3n) is 7.10. The number of Topliss-reactive ketones (excluding diaryl/α,β-unsaturated/α-hetero) is 1. The van der Waals surface area contributed by atoms with E-state index in [0.717, 1.165) is 17.7 Å². The first kappa shape index (κ1) is 36.8. The number of quaternary nitrogens is 1. The van der Waals surface area contributed by atoms with Gasteiger partial charge in [-0.1, -0.05) is 96.6 Å². The Morgan fingerprint density at radius 2 is 1.38 bits per heavy atom. The molecule has 0 N–H and O–H groups in total. The van der Waals surface area contributed by atoms with Gasteiger partial charge in [-0.3, -0.25) is 9.36 Å². The number of carbonyl (C=O) groups is 1. The van der Waals surface area contributed by atoms with Crippen molar-refractivity contribution in [3.8, 4) is 5.75 Å². The largest absolute Gasteiger partial charge is 0.756 e. The Labute approximate surface area is 245 Å². The molecule has 0 spiro atoms. The molecule has 1 aromatic rings. The van der Waals surface area contributed by atoms with Crippen LogP contribution >= 0.6 is 7.82 Å². The average Bonchev–Trinajstić information content (AvgIpc) is 2.90. The molecule has 8 heteroatoms. The average molecular weight is 584 g/mol. The second-order valence-electron chi connectivity index (χ2n) is 12.1. The van der Waals surface area contributed by atoms with E-state index in [-0.39, 0.29) is 31.3 Å². The van der Waals surface area contributed by atoms with E-state index in [1.807, 2.05) is 52.3 Å². The van der Waals surface area contributed by atoms with Gasteiger partial charge >= 0.3 is 0 Å². The van der Waals surface area contributed by atoms with Gasteiger partial charge in [0, 0.05) is 12.8 Å². The van der Waals surface area contributed by atoms with Crippen molar-refractivity contribution in [2.45, 2.75) is 110 Å². The summed E-state index contributed by atoms with van der Waals surface area (Å²) in [5, 5.41) is 0. The minimum absolute atomic E-state index is 0.0591. The van der Waals surface area contributed by atoms with Crippen LogP contribution in [0.25, 0.3) is 0 Å². The van der Waals surface area contributed by atoms with Crippen LogP contribution in [0.3, 0.4) is 0 Å². The smallest absolute Gasteiger partial charge is 0.268 e. The number of hydrogen-bond donors (Lipinski definition) is 0. The van der Waals surface area contributed by atoms with E-state index in [1.165, 1.54) is 70.6 Å². The van der Waals surface area contributed by atoms with E-state index in [1.54, 1.807) is 0 Å². The lowest BCUT2D eigenvalue weighted by molar-refractivity contribution is -0.870. The zero-order valence-electron chi connectivity index (χ0n) is 26.2. The van der Waals surface area contributed by atoms with Crippen LogP contribution in [0.5, 0.6) is 5.75 Å². The zero-order valence-corrected chi connectivity index (χ0v) is 27.1. The number of phosphoric ester groups is 1. The molecule has 0 aliphatic carbocycles. The van der Waals surface area contributed by atoms with Gasteiger partial charge in [0.2, 0.25) is 0 Å². The lowest BCUT2D eigenvalue weighted by Crippen LogP contribution is -2.37. The molecule has 0 amide bonds.